The van der Waals surface area contributed by atoms with Crippen LogP contribution in [0.25, 0.3) is 6.08 Å². The van der Waals surface area contributed by atoms with Crippen LogP contribution < -0.4 is 10.1 Å². The highest BCUT2D eigenvalue weighted by Crippen LogP contribution is 2.16. The van der Waals surface area contributed by atoms with Gasteiger partial charge in [-0.15, -0.1) is 0 Å². The van der Waals surface area contributed by atoms with E-state index in [2.05, 4.69) is 10.1 Å². The largest absolute Gasteiger partial charge is 0.497 e. The average molecular weight is 311 g/mol. The summed E-state index contributed by atoms with van der Waals surface area (Å²) in [6, 6.07) is 14.0. The number of amides is 1. The minimum Gasteiger partial charge on any atom is -0.497 e. The fraction of sp³-hybridized carbons (Fsp3) is 0.111. The van der Waals surface area contributed by atoms with E-state index in [4.69, 9.17) is 4.74 Å². The van der Waals surface area contributed by atoms with Gasteiger partial charge in [-0.3, -0.25) is 4.79 Å². The van der Waals surface area contributed by atoms with Crippen LogP contribution in [0.1, 0.15) is 15.9 Å². The third-order valence-electron chi connectivity index (χ3n) is 3.13. The van der Waals surface area contributed by atoms with Gasteiger partial charge in [-0.2, -0.15) is 0 Å². The van der Waals surface area contributed by atoms with Gasteiger partial charge in [0.15, 0.2) is 0 Å². The van der Waals surface area contributed by atoms with Crippen LogP contribution in [-0.4, -0.2) is 26.1 Å². The van der Waals surface area contributed by atoms with Gasteiger partial charge in [-0.1, -0.05) is 24.3 Å². The van der Waals surface area contributed by atoms with E-state index < -0.39 is 5.97 Å². The molecule has 2 aromatic rings. The topological polar surface area (TPSA) is 64.6 Å². The first-order valence-electron chi connectivity index (χ1n) is 6.94. The van der Waals surface area contributed by atoms with Crippen LogP contribution in [-0.2, 0) is 9.53 Å². The molecule has 0 fully saturated rings. The zero-order chi connectivity index (χ0) is 16.7. The van der Waals surface area contributed by atoms with E-state index in [0.29, 0.717) is 11.3 Å². The highest BCUT2D eigenvalue weighted by atomic mass is 16.5. The lowest BCUT2D eigenvalue weighted by Crippen LogP contribution is -2.12. The number of carbonyl (C=O) groups is 2. The molecule has 1 N–H and O–H groups in total. The lowest BCUT2D eigenvalue weighted by Gasteiger charge is -2.07. The van der Waals surface area contributed by atoms with Crippen LogP contribution in [0.4, 0.5) is 5.69 Å². The summed E-state index contributed by atoms with van der Waals surface area (Å²) in [6.45, 7) is 0. The molecule has 23 heavy (non-hydrogen) atoms. The van der Waals surface area contributed by atoms with Gasteiger partial charge < -0.3 is 14.8 Å². The molecule has 0 atom stereocenters. The molecule has 0 spiro atoms. The number of ether oxygens (including phenoxy) is 2. The first-order chi connectivity index (χ1) is 11.1. The van der Waals surface area contributed by atoms with Gasteiger partial charge in [0.25, 0.3) is 0 Å². The van der Waals surface area contributed by atoms with Crippen molar-refractivity contribution in [2.24, 2.45) is 0 Å². The molecule has 0 saturated heterocycles. The smallest absolute Gasteiger partial charge is 0.339 e. The van der Waals surface area contributed by atoms with Gasteiger partial charge in [0.05, 0.1) is 25.5 Å². The highest BCUT2D eigenvalue weighted by molar-refractivity contribution is 6.06. The van der Waals surface area contributed by atoms with Crippen molar-refractivity contribution in [3.63, 3.8) is 0 Å². The molecule has 118 valence electrons. The molecule has 0 radical (unpaired) electrons. The molecule has 0 bridgehead atoms. The van der Waals surface area contributed by atoms with Crippen molar-refractivity contribution in [2.45, 2.75) is 0 Å². The summed E-state index contributed by atoms with van der Waals surface area (Å²) in [4.78, 5) is 23.6. The van der Waals surface area contributed by atoms with Crippen LogP contribution in [0.5, 0.6) is 5.75 Å². The van der Waals surface area contributed by atoms with E-state index in [1.807, 2.05) is 24.3 Å². The predicted molar refractivity (Wildman–Crippen MR) is 88.4 cm³/mol. The Labute approximate surface area is 134 Å². The maximum absolute atomic E-state index is 12.0. The van der Waals surface area contributed by atoms with Crippen molar-refractivity contribution < 1.29 is 19.1 Å². The van der Waals surface area contributed by atoms with Crippen LogP contribution in [0.3, 0.4) is 0 Å². The van der Waals surface area contributed by atoms with Crippen LogP contribution in [0, 0.1) is 0 Å². The number of esters is 1. The van der Waals surface area contributed by atoms with E-state index in [1.165, 1.54) is 13.2 Å². The molecule has 1 amide bonds. The maximum atomic E-state index is 12.0. The lowest BCUT2D eigenvalue weighted by molar-refractivity contribution is -0.111. The first kappa shape index (κ1) is 16.3. The van der Waals surface area contributed by atoms with E-state index in [-0.39, 0.29) is 5.91 Å². The minimum atomic E-state index is -0.500. The van der Waals surface area contributed by atoms with Gasteiger partial charge in [-0.05, 0) is 35.9 Å². The van der Waals surface area contributed by atoms with Crippen molar-refractivity contribution in [1.82, 2.24) is 0 Å². The Balaban J connectivity index is 2.07. The van der Waals surface area contributed by atoms with Gasteiger partial charge >= 0.3 is 5.97 Å². The quantitative estimate of drug-likeness (QED) is 0.680. The second-order valence-electron chi connectivity index (χ2n) is 4.63. The molecule has 0 unspecified atom stereocenters. The molecule has 0 aliphatic rings. The Morgan fingerprint density at radius 3 is 2.35 bits per heavy atom. The summed E-state index contributed by atoms with van der Waals surface area (Å²) in [5, 5.41) is 2.67. The predicted octanol–water partition coefficient (Wildman–Crippen LogP) is 3.13. The molecule has 0 aromatic heterocycles. The summed E-state index contributed by atoms with van der Waals surface area (Å²) in [6.07, 6.45) is 3.07. The molecule has 2 rings (SSSR count). The molecule has 2 aromatic carbocycles. The number of nitrogens with one attached hydrogen (secondary N) is 1. The highest BCUT2D eigenvalue weighted by Gasteiger charge is 2.11. The number of hydrogen-bond acceptors (Lipinski definition) is 4. The van der Waals surface area contributed by atoms with E-state index in [0.717, 1.165) is 11.3 Å². The first-order valence-corrected chi connectivity index (χ1v) is 6.94. The summed E-state index contributed by atoms with van der Waals surface area (Å²) in [7, 11) is 2.89. The monoisotopic (exact) mass is 311 g/mol. The van der Waals surface area contributed by atoms with Crippen LogP contribution >= 0.6 is 0 Å². The molecule has 5 nitrogen and oxygen atoms in total. The normalized spacial score (nSPS) is 10.3. The van der Waals surface area contributed by atoms with Crippen molar-refractivity contribution in [2.75, 3.05) is 19.5 Å². The van der Waals surface area contributed by atoms with Crippen molar-refractivity contribution in [3.05, 3.63) is 65.7 Å². The van der Waals surface area contributed by atoms with Gasteiger partial charge in [0, 0.05) is 6.08 Å². The number of hydrogen-bond donors (Lipinski definition) is 1. The number of anilines is 1. The molecule has 0 aliphatic heterocycles. The second-order valence-corrected chi connectivity index (χ2v) is 4.63. The average Bonchev–Trinajstić information content (AvgIpc) is 2.60. The summed E-state index contributed by atoms with van der Waals surface area (Å²) in [5.41, 5.74) is 1.58. The Hall–Kier alpha value is -3.08. The number of methoxy groups -OCH3 is 2. The Morgan fingerprint density at radius 1 is 1.00 bits per heavy atom. The fourth-order valence-electron chi connectivity index (χ4n) is 1.94. The Kier molecular flexibility index (Phi) is 5.52. The van der Waals surface area contributed by atoms with Crippen LogP contribution in [0.15, 0.2) is 54.6 Å². The molecule has 0 heterocycles. The van der Waals surface area contributed by atoms with Gasteiger partial charge in [-0.25, -0.2) is 4.79 Å². The third kappa shape index (κ3) is 4.44. The van der Waals surface area contributed by atoms with E-state index in [1.54, 1.807) is 37.5 Å². The number of benzene rings is 2. The number of para-hydroxylation sites is 1. The van der Waals surface area contributed by atoms with Crippen LogP contribution in [0.2, 0.25) is 0 Å². The Morgan fingerprint density at radius 2 is 1.70 bits per heavy atom. The van der Waals surface area contributed by atoms with Crippen molar-refractivity contribution >= 4 is 23.6 Å². The summed E-state index contributed by atoms with van der Waals surface area (Å²) < 4.78 is 9.76. The maximum Gasteiger partial charge on any atom is 0.339 e. The second kappa shape index (κ2) is 7.79. The lowest BCUT2D eigenvalue weighted by atomic mass is 10.1. The molecular formula is C18H17NO4. The minimum absolute atomic E-state index is 0.307. The van der Waals surface area contributed by atoms with Crippen molar-refractivity contribution in [3.8, 4) is 5.75 Å². The fourth-order valence-corrected chi connectivity index (χ4v) is 1.94. The SMILES string of the molecule is COC(=O)c1ccccc1NC(=O)C=Cc1ccc(OC)cc1. The standard InChI is InChI=1S/C18H17NO4/c1-22-14-10-7-13(8-11-14)9-12-17(20)19-16-6-4-3-5-15(16)18(21)23-2/h3-12H,1-2H3,(H,19,20). The number of rotatable bonds is 5. The molecule has 0 aliphatic carbocycles. The van der Waals surface area contributed by atoms with Gasteiger partial charge in [0.2, 0.25) is 5.91 Å². The van der Waals surface area contributed by atoms with Crippen molar-refractivity contribution in [1.29, 1.82) is 0 Å². The van der Waals surface area contributed by atoms with E-state index in [9.17, 15) is 9.59 Å². The van der Waals surface area contributed by atoms with Gasteiger partial charge in [0.1, 0.15) is 5.75 Å². The third-order valence-corrected chi connectivity index (χ3v) is 3.13. The number of carbonyl (C=O) groups excluding carboxylic acids is 2. The molecular weight excluding hydrogens is 294 g/mol. The zero-order valence-electron chi connectivity index (χ0n) is 12.9. The summed E-state index contributed by atoms with van der Waals surface area (Å²) in [5.74, 6) is -0.0872. The summed E-state index contributed by atoms with van der Waals surface area (Å²) >= 11 is 0. The molecule has 5 heteroatoms. The molecule has 0 saturated carbocycles. The Bertz CT molecular complexity index is 720. The van der Waals surface area contributed by atoms with E-state index >= 15 is 0 Å². The zero-order valence-corrected chi connectivity index (χ0v) is 12.9.